The quantitative estimate of drug-likeness (QED) is 0.134. The molecule has 0 amide bonds. The summed E-state index contributed by atoms with van der Waals surface area (Å²) < 4.78 is 64.4. The predicted molar refractivity (Wildman–Crippen MR) is 169 cm³/mol. The van der Waals surface area contributed by atoms with E-state index in [-0.39, 0.29) is 70.9 Å². The molecule has 0 aliphatic carbocycles. The molecule has 45 heavy (non-hydrogen) atoms. The van der Waals surface area contributed by atoms with Crippen molar-refractivity contribution in [3.63, 3.8) is 0 Å². The molecule has 0 fully saturated rings. The zero-order chi connectivity index (χ0) is 27.8. The molecule has 4 aromatic rings. The summed E-state index contributed by atoms with van der Waals surface area (Å²) >= 11 is 0. The first-order valence-corrected chi connectivity index (χ1v) is 13.5. The smallest absolute Gasteiger partial charge is 0.744 e. The van der Waals surface area contributed by atoms with Crippen molar-refractivity contribution in [1.29, 1.82) is 0 Å². The first-order chi connectivity index (χ1) is 17.9. The first-order valence-electron chi connectivity index (χ1n) is 10.7. The second-order valence-corrected chi connectivity index (χ2v) is 10.3. The van der Waals surface area contributed by atoms with E-state index in [0.29, 0.717) is 22.5 Å². The molecule has 1 radical (unpaired) electrons. The van der Waals surface area contributed by atoms with Gasteiger partial charge in [0.25, 0.3) is 0 Å². The van der Waals surface area contributed by atoms with Gasteiger partial charge in [-0.25, -0.2) is 16.8 Å². The fourth-order valence-corrected chi connectivity index (χ4v) is 3.82. The maximum Gasteiger partial charge on any atom is 2.00 e. The van der Waals surface area contributed by atoms with Gasteiger partial charge in [-0.1, -0.05) is 24.3 Å². The number of rotatable bonds is 6. The number of aromatic hydroxyl groups is 2. The summed E-state index contributed by atoms with van der Waals surface area (Å²) in [6.45, 7) is 0. The van der Waals surface area contributed by atoms with Gasteiger partial charge in [-0.2, -0.15) is 0 Å². The van der Waals surface area contributed by atoms with Gasteiger partial charge < -0.3 is 52.2 Å². The molecule has 16 nitrogen and oxygen atoms in total. The molecule has 4 rings (SSSR count). The van der Waals surface area contributed by atoms with Crippen molar-refractivity contribution < 1.29 is 85.8 Å². The SMILES string of the molecule is O=S(=O)([O-])c1ccc(N=Cc2ccccc2O)cc1.O=S(=O)([O-])c1ccc(N=Cc2ccccc2O)cc1.[Co+2].[OH3+].[OH3+].[OH3+].[OH3+].[OH3+].[OH3+]. The molecule has 0 heterocycles. The van der Waals surface area contributed by atoms with E-state index in [2.05, 4.69) is 9.98 Å². The number of benzene rings is 4. The van der Waals surface area contributed by atoms with E-state index in [0.717, 1.165) is 0 Å². The summed E-state index contributed by atoms with van der Waals surface area (Å²) in [5.74, 6) is 0.204. The Kier molecular flexibility index (Phi) is 25.2. The van der Waals surface area contributed by atoms with Gasteiger partial charge in [0.2, 0.25) is 0 Å². The molecule has 251 valence electrons. The number of para-hydroxylation sites is 2. The minimum atomic E-state index is -4.44. The number of aliphatic imine (C=N–C) groups is 2. The molecule has 0 aliphatic rings. The summed E-state index contributed by atoms with van der Waals surface area (Å²) in [5.41, 5.74) is 2.05. The van der Waals surface area contributed by atoms with Crippen molar-refractivity contribution in [3.05, 3.63) is 108 Å². The van der Waals surface area contributed by atoms with Crippen LogP contribution in [0.3, 0.4) is 0 Å². The Balaban J connectivity index is -0.000000205. The van der Waals surface area contributed by atoms with Crippen molar-refractivity contribution in [3.8, 4) is 11.5 Å². The van der Waals surface area contributed by atoms with Crippen molar-refractivity contribution in [2.24, 2.45) is 9.98 Å². The summed E-state index contributed by atoms with van der Waals surface area (Å²) in [4.78, 5) is 7.56. The molecule has 4 aromatic carbocycles. The van der Waals surface area contributed by atoms with Crippen LogP contribution in [0.25, 0.3) is 0 Å². The predicted octanol–water partition coefficient (Wildman–Crippen LogP) is -1.44. The molecule has 0 saturated carbocycles. The monoisotopic (exact) mass is 725 g/mol. The van der Waals surface area contributed by atoms with Gasteiger partial charge >= 0.3 is 16.8 Å². The van der Waals surface area contributed by atoms with E-state index >= 15 is 0 Å². The molecular weight excluding hydrogens is 687 g/mol. The van der Waals surface area contributed by atoms with Crippen molar-refractivity contribution in [2.75, 3.05) is 0 Å². The van der Waals surface area contributed by atoms with E-state index in [4.69, 9.17) is 0 Å². The Hall–Kier alpha value is -4.09. The Morgan fingerprint density at radius 3 is 1.00 bits per heavy atom. The third-order valence-electron chi connectivity index (χ3n) is 4.83. The van der Waals surface area contributed by atoms with Crippen LogP contribution < -0.4 is 0 Å². The van der Waals surface area contributed by atoms with Crippen LogP contribution in [-0.4, -0.2) is 48.6 Å². The third kappa shape index (κ3) is 16.0. The fourth-order valence-electron chi connectivity index (χ4n) is 2.88. The number of nitrogens with zero attached hydrogens (tertiary/aromatic N) is 2. The molecule has 19 heteroatoms. The summed E-state index contributed by atoms with van der Waals surface area (Å²) in [6, 6.07) is 23.8. The largest absolute Gasteiger partial charge is 2.00 e. The van der Waals surface area contributed by atoms with Gasteiger partial charge in [0.1, 0.15) is 31.7 Å². The van der Waals surface area contributed by atoms with Gasteiger partial charge in [0.05, 0.1) is 21.2 Å². The second kappa shape index (κ2) is 22.4. The van der Waals surface area contributed by atoms with Crippen LogP contribution in [0.1, 0.15) is 11.1 Å². The minimum Gasteiger partial charge on any atom is -0.744 e. The van der Waals surface area contributed by atoms with Crippen LogP contribution in [0, 0.1) is 0 Å². The number of hydrogen-bond acceptors (Lipinski definition) is 10. The minimum absolute atomic E-state index is 0. The normalized spacial score (nSPS) is 10.0. The standard InChI is InChI=1S/2C13H11NO4S.Co.6H2O/c2*15-13-4-2-1-3-10(13)9-14-11-5-7-12(8-6-11)19(16,17)18;;;;;;;/h2*1-9,15H,(H,16,17,18);;6*1H2/q;;+2;;;;;;/p+4. The molecular formula is C26H38CoN2O14S2+6. The number of phenolic OH excluding ortho intramolecular Hbond substituents is 2. The topological polar surface area (TPSA) is 378 Å². The average molecular weight is 726 g/mol. The fraction of sp³-hybridized carbons (Fsp3) is 0. The van der Waals surface area contributed by atoms with Crippen LogP contribution in [-0.2, 0) is 69.9 Å². The second-order valence-electron chi connectivity index (χ2n) is 7.53. The Bertz CT molecular complexity index is 1560. The zero-order valence-corrected chi connectivity index (χ0v) is 25.9. The number of phenols is 2. The van der Waals surface area contributed by atoms with Crippen LogP contribution in [0.15, 0.2) is 117 Å². The van der Waals surface area contributed by atoms with Gasteiger partial charge in [0.15, 0.2) is 0 Å². The zero-order valence-electron chi connectivity index (χ0n) is 23.2. The average Bonchev–Trinajstić information content (AvgIpc) is 2.88. The first kappa shape index (κ1) is 50.5. The molecule has 0 saturated heterocycles. The summed E-state index contributed by atoms with van der Waals surface area (Å²) in [6.07, 6.45) is 2.91. The molecule has 0 bridgehead atoms. The van der Waals surface area contributed by atoms with Crippen LogP contribution in [0.5, 0.6) is 11.5 Å². The van der Waals surface area contributed by atoms with Gasteiger partial charge in [-0.15, -0.1) is 0 Å². The summed E-state index contributed by atoms with van der Waals surface area (Å²) in [7, 11) is -8.87. The van der Waals surface area contributed by atoms with Crippen molar-refractivity contribution in [1.82, 2.24) is 0 Å². The van der Waals surface area contributed by atoms with E-state index in [9.17, 15) is 36.2 Å². The number of hydrogen-bond donors (Lipinski definition) is 2. The summed E-state index contributed by atoms with van der Waals surface area (Å²) in [5, 5.41) is 19.1. The maximum atomic E-state index is 10.7. The Morgan fingerprint density at radius 2 is 0.756 bits per heavy atom. The molecule has 0 spiro atoms. The molecule has 20 N–H and O–H groups in total. The van der Waals surface area contributed by atoms with Crippen LogP contribution in [0.4, 0.5) is 11.4 Å². The third-order valence-corrected chi connectivity index (χ3v) is 6.53. The van der Waals surface area contributed by atoms with Gasteiger partial charge in [0, 0.05) is 23.6 Å². The van der Waals surface area contributed by atoms with E-state index in [1.165, 1.54) is 73.1 Å². The van der Waals surface area contributed by atoms with E-state index in [1.807, 2.05) is 0 Å². The van der Waals surface area contributed by atoms with Crippen LogP contribution >= 0.6 is 0 Å². The maximum absolute atomic E-state index is 10.7. The van der Waals surface area contributed by atoms with E-state index in [1.54, 1.807) is 36.4 Å². The van der Waals surface area contributed by atoms with Gasteiger partial charge in [-0.3, -0.25) is 9.98 Å². The Labute approximate surface area is 268 Å². The molecule has 0 aliphatic heterocycles. The molecule has 0 atom stereocenters. The van der Waals surface area contributed by atoms with Gasteiger partial charge in [-0.05, 0) is 72.8 Å². The Morgan fingerprint density at radius 1 is 0.489 bits per heavy atom. The molecule has 0 aromatic heterocycles. The van der Waals surface area contributed by atoms with Crippen molar-refractivity contribution in [2.45, 2.75) is 9.79 Å². The van der Waals surface area contributed by atoms with Crippen LogP contribution in [0.2, 0.25) is 0 Å². The van der Waals surface area contributed by atoms with E-state index < -0.39 is 20.2 Å². The van der Waals surface area contributed by atoms with Crippen molar-refractivity contribution >= 4 is 44.0 Å². The molecule has 0 unspecified atom stereocenters.